The molecule has 1 aliphatic carbocycles. The first-order valence-corrected chi connectivity index (χ1v) is 11.0. The fourth-order valence-electron chi connectivity index (χ4n) is 2.74. The number of nitriles is 1. The number of rotatable bonds is 1. The highest BCUT2D eigenvalue weighted by Gasteiger charge is 2.42. The molecular weight excluding hydrogens is 274 g/mol. The van der Waals surface area contributed by atoms with E-state index in [1.807, 2.05) is 30.3 Å². The summed E-state index contributed by atoms with van der Waals surface area (Å²) in [5.74, 6) is 3.11. The molecule has 1 aromatic carbocycles. The first-order chi connectivity index (χ1) is 9.79. The summed E-state index contributed by atoms with van der Waals surface area (Å²) in [6, 6.07) is 12.4. The van der Waals surface area contributed by atoms with Crippen molar-refractivity contribution in [3.8, 4) is 17.5 Å². The fraction of sp³-hybridized carbons (Fsp3) is 0.500. The van der Waals surface area contributed by atoms with E-state index >= 15 is 0 Å². The van der Waals surface area contributed by atoms with Crippen LogP contribution in [-0.4, -0.2) is 18.8 Å². The molecule has 0 aliphatic heterocycles. The molecule has 3 heteroatoms. The summed E-state index contributed by atoms with van der Waals surface area (Å²) in [5, 5.41) is 20.3. The summed E-state index contributed by atoms with van der Waals surface area (Å²) in [6.07, 6.45) is 2.49. The van der Waals surface area contributed by atoms with Gasteiger partial charge in [-0.25, -0.2) is 0 Å². The molecular formula is C18H23NOSi. The third-order valence-electron chi connectivity index (χ3n) is 4.14. The minimum Gasteiger partial charge on any atom is -0.378 e. The first-order valence-electron chi connectivity index (χ1n) is 7.52. The van der Waals surface area contributed by atoms with Gasteiger partial charge in [0.05, 0.1) is 11.5 Å². The Hall–Kier alpha value is -1.55. The van der Waals surface area contributed by atoms with E-state index in [-0.39, 0.29) is 0 Å². The normalized spacial score (nSPS) is 29.1. The van der Waals surface area contributed by atoms with E-state index in [4.69, 9.17) is 0 Å². The Morgan fingerprint density at radius 1 is 1.05 bits per heavy atom. The third kappa shape index (κ3) is 3.76. The molecule has 0 saturated heterocycles. The van der Waals surface area contributed by atoms with E-state index in [2.05, 4.69) is 37.2 Å². The topological polar surface area (TPSA) is 44.0 Å². The highest BCUT2D eigenvalue weighted by molar-refractivity contribution is 6.83. The second-order valence-electron chi connectivity index (χ2n) is 7.09. The number of aliphatic hydroxyl groups is 1. The molecule has 1 saturated carbocycles. The highest BCUT2D eigenvalue weighted by Crippen LogP contribution is 2.42. The predicted octanol–water partition coefficient (Wildman–Crippen LogP) is 3.63. The smallest absolute Gasteiger partial charge is 0.129 e. The van der Waals surface area contributed by atoms with Gasteiger partial charge in [0.2, 0.25) is 0 Å². The Bertz CT molecular complexity index is 590. The van der Waals surface area contributed by atoms with Gasteiger partial charge in [-0.2, -0.15) is 5.26 Å². The van der Waals surface area contributed by atoms with Crippen molar-refractivity contribution in [3.05, 3.63) is 35.9 Å². The van der Waals surface area contributed by atoms with E-state index < -0.39 is 19.1 Å². The van der Waals surface area contributed by atoms with Crippen molar-refractivity contribution in [2.45, 2.75) is 56.3 Å². The molecule has 0 unspecified atom stereocenters. The minimum absolute atomic E-state index is 0.464. The molecule has 21 heavy (non-hydrogen) atoms. The lowest BCUT2D eigenvalue weighted by molar-refractivity contribution is 0.0449. The van der Waals surface area contributed by atoms with Gasteiger partial charge in [-0.1, -0.05) is 55.9 Å². The zero-order chi connectivity index (χ0) is 15.6. The molecule has 0 atom stereocenters. The van der Waals surface area contributed by atoms with E-state index in [1.165, 1.54) is 0 Å². The first kappa shape index (κ1) is 15.8. The number of nitrogens with zero attached hydrogens (tertiary/aromatic N) is 1. The minimum atomic E-state index is -1.48. The van der Waals surface area contributed by atoms with Crippen LogP contribution in [0.1, 0.15) is 31.2 Å². The summed E-state index contributed by atoms with van der Waals surface area (Å²) >= 11 is 0. The van der Waals surface area contributed by atoms with E-state index in [9.17, 15) is 10.4 Å². The van der Waals surface area contributed by atoms with Crippen LogP contribution in [0.15, 0.2) is 30.3 Å². The standard InChI is InChI=1S/C18H23NOSi/c1-21(2,3)14-13-18(20)11-9-17(15-19,10-12-18)16-7-5-4-6-8-16/h4-8,20H,9-12H2,1-3H3. The summed E-state index contributed by atoms with van der Waals surface area (Å²) in [5.41, 5.74) is 2.96. The van der Waals surface area contributed by atoms with Crippen LogP contribution in [0.3, 0.4) is 0 Å². The second-order valence-corrected chi connectivity index (χ2v) is 11.8. The fourth-order valence-corrected chi connectivity index (χ4v) is 3.35. The van der Waals surface area contributed by atoms with Crippen molar-refractivity contribution in [1.82, 2.24) is 0 Å². The van der Waals surface area contributed by atoms with Gasteiger partial charge in [-0.3, -0.25) is 0 Å². The van der Waals surface area contributed by atoms with Gasteiger partial charge in [0.25, 0.3) is 0 Å². The monoisotopic (exact) mass is 297 g/mol. The molecule has 0 amide bonds. The van der Waals surface area contributed by atoms with Crippen molar-refractivity contribution in [1.29, 1.82) is 5.26 Å². The summed E-state index contributed by atoms with van der Waals surface area (Å²) < 4.78 is 0. The zero-order valence-electron chi connectivity index (χ0n) is 13.1. The van der Waals surface area contributed by atoms with Crippen LogP contribution in [0.4, 0.5) is 0 Å². The van der Waals surface area contributed by atoms with E-state index in [1.54, 1.807) is 0 Å². The lowest BCUT2D eigenvalue weighted by Gasteiger charge is -2.38. The van der Waals surface area contributed by atoms with Crippen LogP contribution in [0, 0.1) is 22.8 Å². The number of benzene rings is 1. The van der Waals surface area contributed by atoms with Gasteiger partial charge in [-0.05, 0) is 31.2 Å². The number of hydrogen-bond donors (Lipinski definition) is 1. The van der Waals surface area contributed by atoms with Gasteiger partial charge in [0.1, 0.15) is 13.7 Å². The molecule has 2 rings (SSSR count). The van der Waals surface area contributed by atoms with E-state index in [0.717, 1.165) is 5.56 Å². The van der Waals surface area contributed by atoms with Gasteiger partial charge in [-0.15, -0.1) is 5.54 Å². The van der Waals surface area contributed by atoms with Crippen LogP contribution < -0.4 is 0 Å². The molecule has 1 fully saturated rings. The maximum absolute atomic E-state index is 10.6. The Labute approximate surface area is 128 Å². The van der Waals surface area contributed by atoms with E-state index in [0.29, 0.717) is 25.7 Å². The zero-order valence-corrected chi connectivity index (χ0v) is 14.1. The maximum atomic E-state index is 10.6. The molecule has 0 bridgehead atoms. The Balaban J connectivity index is 2.18. The molecule has 1 aliphatic rings. The van der Waals surface area contributed by atoms with Crippen molar-refractivity contribution in [2.24, 2.45) is 0 Å². The average Bonchev–Trinajstić information content (AvgIpc) is 2.47. The second kappa shape index (κ2) is 5.68. The Morgan fingerprint density at radius 2 is 1.62 bits per heavy atom. The lowest BCUT2D eigenvalue weighted by Crippen LogP contribution is -2.40. The SMILES string of the molecule is C[Si](C)(C)C#CC1(O)CCC(C#N)(c2ccccc2)CC1. The van der Waals surface area contributed by atoms with Gasteiger partial charge < -0.3 is 5.11 Å². The molecule has 0 radical (unpaired) electrons. The quantitative estimate of drug-likeness (QED) is 0.635. The summed E-state index contributed by atoms with van der Waals surface area (Å²) in [6.45, 7) is 6.53. The van der Waals surface area contributed by atoms with Gasteiger partial charge in [0, 0.05) is 0 Å². The Kier molecular flexibility index (Phi) is 4.28. The molecule has 0 heterocycles. The lowest BCUT2D eigenvalue weighted by atomic mass is 9.66. The molecule has 2 nitrogen and oxygen atoms in total. The summed E-state index contributed by atoms with van der Waals surface area (Å²) in [7, 11) is -1.48. The van der Waals surface area contributed by atoms with Crippen molar-refractivity contribution < 1.29 is 5.11 Å². The van der Waals surface area contributed by atoms with Gasteiger partial charge >= 0.3 is 0 Å². The molecule has 1 aromatic rings. The van der Waals surface area contributed by atoms with Crippen LogP contribution in [-0.2, 0) is 5.41 Å². The molecule has 0 aromatic heterocycles. The van der Waals surface area contributed by atoms with Crippen molar-refractivity contribution in [3.63, 3.8) is 0 Å². The predicted molar refractivity (Wildman–Crippen MR) is 88.3 cm³/mol. The third-order valence-corrected chi connectivity index (χ3v) is 5.02. The number of hydrogen-bond acceptors (Lipinski definition) is 2. The van der Waals surface area contributed by atoms with Gasteiger partial charge in [0.15, 0.2) is 0 Å². The van der Waals surface area contributed by atoms with Crippen LogP contribution in [0.2, 0.25) is 19.6 Å². The highest BCUT2D eigenvalue weighted by atomic mass is 28.3. The average molecular weight is 297 g/mol. The van der Waals surface area contributed by atoms with Crippen LogP contribution in [0.25, 0.3) is 0 Å². The van der Waals surface area contributed by atoms with Crippen LogP contribution in [0.5, 0.6) is 0 Å². The molecule has 110 valence electrons. The molecule has 1 N–H and O–H groups in total. The Morgan fingerprint density at radius 3 is 2.10 bits per heavy atom. The largest absolute Gasteiger partial charge is 0.378 e. The summed E-state index contributed by atoms with van der Waals surface area (Å²) in [4.78, 5) is 0. The maximum Gasteiger partial charge on any atom is 0.129 e. The van der Waals surface area contributed by atoms with Crippen LogP contribution >= 0.6 is 0 Å². The van der Waals surface area contributed by atoms with Crippen molar-refractivity contribution in [2.75, 3.05) is 0 Å². The molecule has 0 spiro atoms. The van der Waals surface area contributed by atoms with Crippen molar-refractivity contribution >= 4 is 8.07 Å².